The lowest BCUT2D eigenvalue weighted by atomic mass is 9.89. The number of aliphatic hydroxyl groups excluding tert-OH is 1. The van der Waals surface area contributed by atoms with Crippen LogP contribution < -0.4 is 0 Å². The standard InChI is InChI=1S/C34H53NO10/c1-11-26(41-10)23(5)31-32(44-31)30(45-33(39)35(8)9)21(3)14-12-13-20(2)29-22(4)15-16-27(42-24(6)36)34(7,40)18-17-25(37)19-28(38)43-29/h12-16,21,23,25-27,29-32,37,40H,4,11,17-19H2,1-3,5-10H3/b14-12+,16-15+,20-13+. The van der Waals surface area contributed by atoms with E-state index in [1.54, 1.807) is 46.4 Å². The topological polar surface area (TPSA) is 144 Å². The molecular formula is C34H53NO10. The summed E-state index contributed by atoms with van der Waals surface area (Å²) in [6.45, 7) is 14.7. The summed E-state index contributed by atoms with van der Waals surface area (Å²) >= 11 is 0. The first-order valence-electron chi connectivity index (χ1n) is 15.6. The molecule has 0 bridgehead atoms. The van der Waals surface area contributed by atoms with Gasteiger partial charge in [0.2, 0.25) is 0 Å². The highest BCUT2D eigenvalue weighted by Crippen LogP contribution is 2.39. The molecule has 0 spiro atoms. The molecule has 10 unspecified atom stereocenters. The Labute approximate surface area is 267 Å². The molecule has 0 aromatic carbocycles. The van der Waals surface area contributed by atoms with E-state index < -0.39 is 48.0 Å². The molecule has 11 heteroatoms. The Kier molecular flexibility index (Phi) is 14.5. The second kappa shape index (κ2) is 17.1. The number of carbonyl (C=O) groups excluding carboxylic acids is 3. The van der Waals surface area contributed by atoms with Gasteiger partial charge in [-0.1, -0.05) is 51.7 Å². The van der Waals surface area contributed by atoms with Crippen LogP contribution >= 0.6 is 0 Å². The van der Waals surface area contributed by atoms with E-state index in [0.717, 1.165) is 6.42 Å². The fourth-order valence-corrected chi connectivity index (χ4v) is 5.45. The van der Waals surface area contributed by atoms with E-state index in [9.17, 15) is 24.6 Å². The summed E-state index contributed by atoms with van der Waals surface area (Å²) in [5.41, 5.74) is -0.474. The minimum absolute atomic E-state index is 0.0222. The summed E-state index contributed by atoms with van der Waals surface area (Å²) in [5, 5.41) is 21.4. The molecule has 10 atom stereocenters. The third kappa shape index (κ3) is 11.4. The quantitative estimate of drug-likeness (QED) is 0.146. The maximum Gasteiger partial charge on any atom is 0.409 e. The van der Waals surface area contributed by atoms with Crippen LogP contribution in [0.4, 0.5) is 4.79 Å². The number of rotatable bonds is 11. The van der Waals surface area contributed by atoms with E-state index in [2.05, 4.69) is 20.4 Å². The SMILES string of the molecule is C=C1/C=C/C(OC(C)=O)C(C)(O)CCC(O)CC(=O)OC1/C(C)=C/C=C/C(C)C(OC(=O)N(C)C)C1OC1C(C)C(CC)OC. The first-order chi connectivity index (χ1) is 21.0. The van der Waals surface area contributed by atoms with Gasteiger partial charge >= 0.3 is 18.0 Å². The van der Waals surface area contributed by atoms with E-state index in [1.165, 1.54) is 24.8 Å². The Hall–Kier alpha value is -2.99. The number of methoxy groups -OCH3 is 1. The maximum atomic E-state index is 12.7. The molecule has 0 aromatic rings. The number of carbonyl (C=O) groups is 3. The average Bonchev–Trinajstić information content (AvgIpc) is 3.75. The van der Waals surface area contributed by atoms with Gasteiger partial charge in [0.15, 0.2) is 0 Å². The van der Waals surface area contributed by atoms with Crippen molar-refractivity contribution in [2.45, 2.75) is 116 Å². The number of hydrogen-bond donors (Lipinski definition) is 2. The van der Waals surface area contributed by atoms with E-state index >= 15 is 0 Å². The number of cyclic esters (lactones) is 1. The molecule has 2 aliphatic rings. The van der Waals surface area contributed by atoms with Gasteiger partial charge in [0.25, 0.3) is 0 Å². The third-order valence-corrected chi connectivity index (χ3v) is 8.37. The molecule has 0 radical (unpaired) electrons. The summed E-state index contributed by atoms with van der Waals surface area (Å²) < 4.78 is 28.6. The monoisotopic (exact) mass is 635 g/mol. The van der Waals surface area contributed by atoms with Crippen LogP contribution in [-0.4, -0.2) is 103 Å². The highest BCUT2D eigenvalue weighted by molar-refractivity contribution is 5.71. The van der Waals surface area contributed by atoms with Gasteiger partial charge in [0.05, 0.1) is 24.7 Å². The predicted molar refractivity (Wildman–Crippen MR) is 169 cm³/mol. The molecule has 2 aliphatic heterocycles. The number of amides is 1. The smallest absolute Gasteiger partial charge is 0.409 e. The maximum absolute atomic E-state index is 12.7. The number of esters is 2. The van der Waals surface area contributed by atoms with Gasteiger partial charge in [-0.25, -0.2) is 4.79 Å². The molecule has 1 amide bonds. The van der Waals surface area contributed by atoms with Gasteiger partial charge in [-0.05, 0) is 50.3 Å². The van der Waals surface area contributed by atoms with Crippen LogP contribution in [0.15, 0.2) is 48.1 Å². The van der Waals surface area contributed by atoms with Crippen LogP contribution in [0.2, 0.25) is 0 Å². The number of hydrogen-bond acceptors (Lipinski definition) is 10. The summed E-state index contributed by atoms with van der Waals surface area (Å²) in [6, 6.07) is 0. The second-order valence-corrected chi connectivity index (χ2v) is 12.6. The van der Waals surface area contributed by atoms with E-state index in [0.29, 0.717) is 11.1 Å². The number of allylic oxidation sites excluding steroid dienone is 2. The van der Waals surface area contributed by atoms with E-state index in [-0.39, 0.29) is 49.4 Å². The van der Waals surface area contributed by atoms with Crippen molar-refractivity contribution in [1.82, 2.24) is 4.90 Å². The van der Waals surface area contributed by atoms with Crippen molar-refractivity contribution in [3.05, 3.63) is 48.1 Å². The van der Waals surface area contributed by atoms with Crippen LogP contribution in [0.1, 0.15) is 67.2 Å². The molecule has 2 heterocycles. The number of ether oxygens (including phenoxy) is 5. The third-order valence-electron chi connectivity index (χ3n) is 8.37. The van der Waals surface area contributed by atoms with Crippen LogP contribution in [0.25, 0.3) is 0 Å². The minimum atomic E-state index is -1.48. The van der Waals surface area contributed by atoms with Gasteiger partial charge < -0.3 is 38.8 Å². The average molecular weight is 636 g/mol. The fraction of sp³-hybridized carbons (Fsp3) is 0.676. The summed E-state index contributed by atoms with van der Waals surface area (Å²) in [4.78, 5) is 38.4. The first-order valence-corrected chi connectivity index (χ1v) is 15.6. The van der Waals surface area contributed by atoms with Gasteiger partial charge in [-0.3, -0.25) is 9.59 Å². The lowest BCUT2D eigenvalue weighted by Gasteiger charge is -2.32. The highest BCUT2D eigenvalue weighted by Gasteiger charge is 2.52. The summed E-state index contributed by atoms with van der Waals surface area (Å²) in [6.07, 6.45) is 4.94. The minimum Gasteiger partial charge on any atom is -0.455 e. The van der Waals surface area contributed by atoms with Gasteiger partial charge in [0, 0.05) is 40.0 Å². The van der Waals surface area contributed by atoms with Crippen LogP contribution in [0.3, 0.4) is 0 Å². The molecule has 0 aromatic heterocycles. The Bertz CT molecular complexity index is 1120. The molecule has 45 heavy (non-hydrogen) atoms. The first kappa shape index (κ1) is 38.2. The van der Waals surface area contributed by atoms with Crippen molar-refractivity contribution in [2.24, 2.45) is 11.8 Å². The van der Waals surface area contributed by atoms with Crippen molar-refractivity contribution < 1.29 is 48.3 Å². The zero-order valence-electron chi connectivity index (χ0n) is 28.2. The van der Waals surface area contributed by atoms with Crippen LogP contribution in [-0.2, 0) is 33.3 Å². The molecule has 0 saturated carbocycles. The fourth-order valence-electron chi connectivity index (χ4n) is 5.45. The molecule has 1 saturated heterocycles. The molecule has 254 valence electrons. The molecular weight excluding hydrogens is 582 g/mol. The largest absolute Gasteiger partial charge is 0.455 e. The Morgan fingerprint density at radius 2 is 1.91 bits per heavy atom. The lowest BCUT2D eigenvalue weighted by molar-refractivity contribution is -0.156. The van der Waals surface area contributed by atoms with Gasteiger partial charge in [-0.15, -0.1) is 0 Å². The van der Waals surface area contributed by atoms with E-state index in [4.69, 9.17) is 23.7 Å². The van der Waals surface area contributed by atoms with Gasteiger partial charge in [0.1, 0.15) is 30.0 Å². The zero-order valence-corrected chi connectivity index (χ0v) is 28.2. The molecule has 11 nitrogen and oxygen atoms in total. The zero-order chi connectivity index (χ0) is 34.1. The number of epoxide rings is 1. The highest BCUT2D eigenvalue weighted by atomic mass is 16.6. The van der Waals surface area contributed by atoms with Crippen molar-refractivity contribution >= 4 is 18.0 Å². The summed E-state index contributed by atoms with van der Waals surface area (Å²) in [5.74, 6) is -1.31. The molecule has 0 aliphatic carbocycles. The predicted octanol–water partition coefficient (Wildman–Crippen LogP) is 4.27. The molecule has 2 rings (SSSR count). The Morgan fingerprint density at radius 1 is 1.24 bits per heavy atom. The van der Waals surface area contributed by atoms with Gasteiger partial charge in [-0.2, -0.15) is 0 Å². The van der Waals surface area contributed by atoms with Crippen molar-refractivity contribution in [2.75, 3.05) is 21.2 Å². The second-order valence-electron chi connectivity index (χ2n) is 12.6. The number of aliphatic hydroxyl groups is 2. The summed E-state index contributed by atoms with van der Waals surface area (Å²) in [7, 11) is 4.93. The van der Waals surface area contributed by atoms with Crippen LogP contribution in [0.5, 0.6) is 0 Å². The number of nitrogens with zero attached hydrogens (tertiary/aromatic N) is 1. The van der Waals surface area contributed by atoms with Crippen molar-refractivity contribution in [3.8, 4) is 0 Å². The lowest BCUT2D eigenvalue weighted by Crippen LogP contribution is -2.42. The van der Waals surface area contributed by atoms with E-state index in [1.807, 2.05) is 13.0 Å². The Balaban J connectivity index is 2.31. The molecule has 2 N–H and O–H groups in total. The van der Waals surface area contributed by atoms with Crippen molar-refractivity contribution in [3.63, 3.8) is 0 Å². The Morgan fingerprint density at radius 3 is 2.49 bits per heavy atom. The van der Waals surface area contributed by atoms with Crippen molar-refractivity contribution in [1.29, 1.82) is 0 Å². The van der Waals surface area contributed by atoms with Crippen LogP contribution in [0, 0.1) is 11.8 Å². The molecule has 1 fully saturated rings. The normalized spacial score (nSPS) is 31.4.